The molecule has 8 N–H and O–H groups in total. The summed E-state index contributed by atoms with van der Waals surface area (Å²) in [5.41, 5.74) is 9.34. The van der Waals surface area contributed by atoms with Gasteiger partial charge in [-0.3, -0.25) is 15.0 Å². The summed E-state index contributed by atoms with van der Waals surface area (Å²) in [6.45, 7) is 2.35. The number of guanidine groups is 1. The van der Waals surface area contributed by atoms with Crippen LogP contribution in [-0.4, -0.2) is 65.0 Å². The molecule has 1 aliphatic heterocycles. The molecule has 0 aliphatic carbocycles. The molecule has 0 aromatic heterocycles. The molecule has 0 unspecified atom stereocenters. The maximum atomic E-state index is 13.0. The number of nitrogens with zero attached hydrogens (tertiary/aromatic N) is 1. The fourth-order valence-corrected chi connectivity index (χ4v) is 3.43. The predicted octanol–water partition coefficient (Wildman–Crippen LogP) is -1.06. The minimum absolute atomic E-state index is 0.175. The number of hydrogen-bond donors (Lipinski definition) is 6. The monoisotopic (exact) mass is 370 g/mol. The Balaban J connectivity index is 2.92. The van der Waals surface area contributed by atoms with Crippen molar-refractivity contribution in [3.05, 3.63) is 0 Å². The van der Waals surface area contributed by atoms with Crippen LogP contribution in [0, 0.1) is 5.41 Å². The van der Waals surface area contributed by atoms with Gasteiger partial charge in [0, 0.05) is 13.1 Å². The second kappa shape index (κ2) is 9.95. The van der Waals surface area contributed by atoms with Gasteiger partial charge in [-0.05, 0) is 32.1 Å². The number of rotatable bonds is 10. The van der Waals surface area contributed by atoms with Crippen molar-refractivity contribution < 1.29 is 19.5 Å². The summed E-state index contributed by atoms with van der Waals surface area (Å²) in [6.07, 6.45) is 2.80. The maximum Gasteiger partial charge on any atom is 0.329 e. The van der Waals surface area contributed by atoms with Crippen LogP contribution in [0.2, 0.25) is 0 Å². The number of amides is 2. The largest absolute Gasteiger partial charge is 0.479 e. The zero-order valence-corrected chi connectivity index (χ0v) is 15.2. The summed E-state index contributed by atoms with van der Waals surface area (Å²) >= 11 is 0. The topological polar surface area (TPSA) is 175 Å². The number of aliphatic carboxylic acids is 1. The van der Waals surface area contributed by atoms with Gasteiger partial charge in [-0.2, -0.15) is 0 Å². The molecule has 0 radical (unpaired) electrons. The van der Waals surface area contributed by atoms with Crippen molar-refractivity contribution in [3.8, 4) is 0 Å². The Labute approximate surface area is 153 Å². The molecule has 1 rings (SSSR count). The predicted molar refractivity (Wildman–Crippen MR) is 96.4 cm³/mol. The van der Waals surface area contributed by atoms with E-state index < -0.39 is 29.4 Å². The van der Waals surface area contributed by atoms with Crippen molar-refractivity contribution in [2.75, 3.05) is 19.6 Å². The molecule has 0 aromatic rings. The number of carboxylic acids is 1. The summed E-state index contributed by atoms with van der Waals surface area (Å²) < 4.78 is 0. The lowest BCUT2D eigenvalue weighted by atomic mass is 9.90. The van der Waals surface area contributed by atoms with Gasteiger partial charge in [-0.15, -0.1) is 0 Å². The lowest BCUT2D eigenvalue weighted by molar-refractivity contribution is -0.158. The van der Waals surface area contributed by atoms with E-state index in [0.29, 0.717) is 51.6 Å². The third-order valence-corrected chi connectivity index (χ3v) is 4.62. The number of carboxylic acid groups (broad SMARTS) is 1. The van der Waals surface area contributed by atoms with E-state index in [1.807, 2.05) is 6.92 Å². The van der Waals surface area contributed by atoms with Crippen LogP contribution >= 0.6 is 0 Å². The van der Waals surface area contributed by atoms with E-state index in [4.69, 9.17) is 16.9 Å². The molecule has 1 saturated heterocycles. The van der Waals surface area contributed by atoms with Gasteiger partial charge in [0.05, 0.1) is 6.54 Å². The van der Waals surface area contributed by atoms with Gasteiger partial charge in [-0.1, -0.05) is 13.3 Å². The van der Waals surface area contributed by atoms with Gasteiger partial charge < -0.3 is 32.1 Å². The number of likely N-dealkylation sites (tertiary alicyclic amines) is 1. The van der Waals surface area contributed by atoms with E-state index in [2.05, 4.69) is 10.6 Å². The molecule has 2 atom stereocenters. The van der Waals surface area contributed by atoms with Crippen LogP contribution in [0.4, 0.5) is 0 Å². The third-order valence-electron chi connectivity index (χ3n) is 4.62. The number of nitrogens with one attached hydrogen (secondary N) is 3. The fourth-order valence-electron chi connectivity index (χ4n) is 3.43. The fraction of sp³-hybridized carbons (Fsp3) is 0.750. The Morgan fingerprint density at radius 2 is 2.08 bits per heavy atom. The molecule has 1 aliphatic rings. The highest BCUT2D eigenvalue weighted by atomic mass is 16.4. The second-order valence-electron chi connectivity index (χ2n) is 6.49. The Morgan fingerprint density at radius 3 is 2.62 bits per heavy atom. The molecular formula is C16H30N6O4. The first kappa shape index (κ1) is 21.7. The summed E-state index contributed by atoms with van der Waals surface area (Å²) in [6, 6.07) is -0.853. The van der Waals surface area contributed by atoms with Crippen molar-refractivity contribution in [2.24, 2.45) is 11.5 Å². The SMILES string of the molecule is CCC[C@@]1(C(=O)O)CCCN1C(=O)[C@H](CCCNC(=N)N)NC(=O)CN. The Kier molecular flexibility index (Phi) is 8.30. The van der Waals surface area contributed by atoms with Crippen LogP contribution < -0.4 is 22.1 Å². The van der Waals surface area contributed by atoms with Gasteiger partial charge in [0.15, 0.2) is 5.96 Å². The average molecular weight is 370 g/mol. The van der Waals surface area contributed by atoms with E-state index in [0.717, 1.165) is 0 Å². The van der Waals surface area contributed by atoms with Gasteiger partial charge in [0.2, 0.25) is 11.8 Å². The molecule has 10 heteroatoms. The van der Waals surface area contributed by atoms with E-state index in [-0.39, 0.29) is 12.5 Å². The number of hydrogen-bond acceptors (Lipinski definition) is 5. The van der Waals surface area contributed by atoms with Crippen LogP contribution in [0.15, 0.2) is 0 Å². The van der Waals surface area contributed by atoms with E-state index in [1.165, 1.54) is 4.90 Å². The molecule has 10 nitrogen and oxygen atoms in total. The van der Waals surface area contributed by atoms with Crippen LogP contribution in [0.3, 0.4) is 0 Å². The molecule has 1 heterocycles. The highest BCUT2D eigenvalue weighted by Crippen LogP contribution is 2.34. The number of carbonyl (C=O) groups excluding carboxylic acids is 2. The first-order valence-corrected chi connectivity index (χ1v) is 8.90. The summed E-state index contributed by atoms with van der Waals surface area (Å²) in [4.78, 5) is 38.1. The summed E-state index contributed by atoms with van der Waals surface area (Å²) in [7, 11) is 0. The Bertz CT molecular complexity index is 541. The first-order valence-electron chi connectivity index (χ1n) is 8.90. The van der Waals surface area contributed by atoms with Crippen molar-refractivity contribution in [2.45, 2.75) is 57.0 Å². The minimum atomic E-state index is -1.21. The normalized spacial score (nSPS) is 20.5. The lowest BCUT2D eigenvalue weighted by Crippen LogP contribution is -2.58. The number of nitrogens with two attached hydrogens (primary N) is 2. The van der Waals surface area contributed by atoms with E-state index >= 15 is 0 Å². The van der Waals surface area contributed by atoms with Crippen LogP contribution in [0.25, 0.3) is 0 Å². The molecule has 0 aromatic carbocycles. The van der Waals surface area contributed by atoms with Crippen LogP contribution in [0.1, 0.15) is 45.4 Å². The van der Waals surface area contributed by atoms with Gasteiger partial charge in [-0.25, -0.2) is 4.79 Å². The molecule has 148 valence electrons. The first-order chi connectivity index (χ1) is 12.3. The quantitative estimate of drug-likeness (QED) is 0.161. The standard InChI is InChI=1S/C16H30N6O4/c1-2-6-16(14(25)26)7-4-9-22(16)13(24)11(21-12(23)10-17)5-3-8-20-15(18)19/h11H,2-10,17H2,1H3,(H,21,23)(H,25,26)(H4,18,19,20)/t11-,16-/m0/s1. The van der Waals surface area contributed by atoms with Crippen molar-refractivity contribution in [3.63, 3.8) is 0 Å². The molecule has 1 fully saturated rings. The molecule has 2 amide bonds. The zero-order valence-electron chi connectivity index (χ0n) is 15.2. The van der Waals surface area contributed by atoms with Crippen molar-refractivity contribution in [1.82, 2.24) is 15.5 Å². The van der Waals surface area contributed by atoms with Crippen LogP contribution in [-0.2, 0) is 14.4 Å². The molecular weight excluding hydrogens is 340 g/mol. The average Bonchev–Trinajstić information content (AvgIpc) is 3.01. The summed E-state index contributed by atoms with van der Waals surface area (Å²) in [5.74, 6) is -2.06. The summed E-state index contributed by atoms with van der Waals surface area (Å²) in [5, 5.41) is 22.1. The smallest absolute Gasteiger partial charge is 0.329 e. The maximum absolute atomic E-state index is 13.0. The molecule has 0 spiro atoms. The van der Waals surface area contributed by atoms with E-state index in [1.54, 1.807) is 0 Å². The van der Waals surface area contributed by atoms with E-state index in [9.17, 15) is 19.5 Å². The van der Waals surface area contributed by atoms with Crippen molar-refractivity contribution >= 4 is 23.7 Å². The second-order valence-corrected chi connectivity index (χ2v) is 6.49. The highest BCUT2D eigenvalue weighted by molar-refractivity contribution is 5.93. The molecule has 0 bridgehead atoms. The van der Waals surface area contributed by atoms with Crippen molar-refractivity contribution in [1.29, 1.82) is 5.41 Å². The Hall–Kier alpha value is -2.36. The lowest BCUT2D eigenvalue weighted by Gasteiger charge is -2.37. The van der Waals surface area contributed by atoms with Gasteiger partial charge >= 0.3 is 5.97 Å². The molecule has 0 saturated carbocycles. The number of carbonyl (C=O) groups is 3. The minimum Gasteiger partial charge on any atom is -0.479 e. The van der Waals surface area contributed by atoms with Gasteiger partial charge in [0.1, 0.15) is 11.6 Å². The Morgan fingerprint density at radius 1 is 1.38 bits per heavy atom. The van der Waals surface area contributed by atoms with Gasteiger partial charge in [0.25, 0.3) is 0 Å². The highest BCUT2D eigenvalue weighted by Gasteiger charge is 2.50. The third kappa shape index (κ3) is 5.32. The van der Waals surface area contributed by atoms with Crippen LogP contribution in [0.5, 0.6) is 0 Å². The zero-order chi connectivity index (χ0) is 19.7. The molecule has 26 heavy (non-hydrogen) atoms.